The maximum atomic E-state index is 12.1. The summed E-state index contributed by atoms with van der Waals surface area (Å²) in [6.07, 6.45) is 1.11. The van der Waals surface area contributed by atoms with Crippen molar-refractivity contribution in [3.05, 3.63) is 53.6 Å². The van der Waals surface area contributed by atoms with E-state index in [1.165, 1.54) is 0 Å². The molecule has 0 aromatic heterocycles. The van der Waals surface area contributed by atoms with E-state index in [4.69, 9.17) is 9.47 Å². The van der Waals surface area contributed by atoms with Crippen LogP contribution in [0.15, 0.2) is 42.5 Å². The van der Waals surface area contributed by atoms with Crippen LogP contribution in [0.25, 0.3) is 0 Å². The monoisotopic (exact) mass is 299 g/mol. The van der Waals surface area contributed by atoms with Crippen LogP contribution in [0.5, 0.6) is 11.5 Å². The number of rotatable bonds is 6. The molecule has 0 radical (unpaired) electrons. The van der Waals surface area contributed by atoms with Crippen molar-refractivity contribution in [1.29, 1.82) is 0 Å². The Hall–Kier alpha value is -2.49. The normalized spacial score (nSPS) is 10.1. The quantitative estimate of drug-likeness (QED) is 0.887. The van der Waals surface area contributed by atoms with Crippen molar-refractivity contribution in [2.75, 3.05) is 19.5 Å². The van der Waals surface area contributed by atoms with Crippen LogP contribution in [0.2, 0.25) is 0 Å². The highest BCUT2D eigenvalue weighted by molar-refractivity contribution is 5.92. The minimum Gasteiger partial charge on any atom is -0.496 e. The van der Waals surface area contributed by atoms with Crippen LogP contribution in [0.1, 0.15) is 17.5 Å². The molecule has 0 fully saturated rings. The van der Waals surface area contributed by atoms with Crippen LogP contribution in [-0.2, 0) is 11.2 Å². The fourth-order valence-corrected chi connectivity index (χ4v) is 2.31. The van der Waals surface area contributed by atoms with Crippen molar-refractivity contribution in [2.24, 2.45) is 0 Å². The van der Waals surface area contributed by atoms with Gasteiger partial charge in [-0.1, -0.05) is 24.3 Å². The van der Waals surface area contributed by atoms with Crippen molar-refractivity contribution < 1.29 is 14.3 Å². The molecule has 0 aliphatic heterocycles. The van der Waals surface area contributed by atoms with E-state index in [1.54, 1.807) is 14.2 Å². The third-order valence-electron chi connectivity index (χ3n) is 3.48. The van der Waals surface area contributed by atoms with Gasteiger partial charge in [0.1, 0.15) is 11.5 Å². The first-order valence-corrected chi connectivity index (χ1v) is 7.20. The van der Waals surface area contributed by atoms with Gasteiger partial charge in [-0.15, -0.1) is 0 Å². The van der Waals surface area contributed by atoms with E-state index < -0.39 is 0 Å². The third kappa shape index (κ3) is 4.01. The second kappa shape index (κ2) is 7.50. The molecule has 2 aromatic rings. The molecular formula is C18H21NO3. The van der Waals surface area contributed by atoms with Gasteiger partial charge in [-0.3, -0.25) is 4.79 Å². The van der Waals surface area contributed by atoms with E-state index in [9.17, 15) is 4.79 Å². The largest absolute Gasteiger partial charge is 0.496 e. The molecule has 116 valence electrons. The van der Waals surface area contributed by atoms with Crippen LogP contribution >= 0.6 is 0 Å². The molecule has 22 heavy (non-hydrogen) atoms. The zero-order valence-electron chi connectivity index (χ0n) is 13.2. The molecule has 1 N–H and O–H groups in total. The third-order valence-corrected chi connectivity index (χ3v) is 3.48. The van der Waals surface area contributed by atoms with E-state index in [1.807, 2.05) is 43.3 Å². The number of para-hydroxylation sites is 2. The maximum absolute atomic E-state index is 12.1. The molecule has 0 saturated carbocycles. The van der Waals surface area contributed by atoms with Gasteiger partial charge in [0.15, 0.2) is 0 Å². The molecular weight excluding hydrogens is 278 g/mol. The highest BCUT2D eigenvalue weighted by Gasteiger charge is 2.08. The van der Waals surface area contributed by atoms with Gasteiger partial charge in [-0.05, 0) is 42.7 Å². The highest BCUT2D eigenvalue weighted by Crippen LogP contribution is 2.23. The molecule has 0 saturated heterocycles. The van der Waals surface area contributed by atoms with Gasteiger partial charge in [-0.2, -0.15) is 0 Å². The maximum Gasteiger partial charge on any atom is 0.224 e. The zero-order valence-corrected chi connectivity index (χ0v) is 13.2. The molecule has 0 bridgehead atoms. The number of ether oxygens (including phenoxy) is 2. The summed E-state index contributed by atoms with van der Waals surface area (Å²) >= 11 is 0. The number of nitrogens with one attached hydrogen (secondary N) is 1. The SMILES string of the molecule is COc1ccc(CCC(=O)Nc2ccccc2OC)cc1C. The van der Waals surface area contributed by atoms with Crippen molar-refractivity contribution in [2.45, 2.75) is 19.8 Å². The first kappa shape index (κ1) is 15.9. The number of anilines is 1. The van der Waals surface area contributed by atoms with Crippen LogP contribution in [0.3, 0.4) is 0 Å². The molecule has 0 aliphatic carbocycles. The highest BCUT2D eigenvalue weighted by atomic mass is 16.5. The average molecular weight is 299 g/mol. The number of aryl methyl sites for hydroxylation is 2. The lowest BCUT2D eigenvalue weighted by molar-refractivity contribution is -0.116. The van der Waals surface area contributed by atoms with Crippen LogP contribution in [-0.4, -0.2) is 20.1 Å². The van der Waals surface area contributed by atoms with Gasteiger partial charge in [0.05, 0.1) is 19.9 Å². The standard InChI is InChI=1S/C18H21NO3/c1-13-12-14(8-10-16(13)21-2)9-11-18(20)19-15-6-4-5-7-17(15)22-3/h4-8,10,12H,9,11H2,1-3H3,(H,19,20). The Morgan fingerprint density at radius 3 is 2.45 bits per heavy atom. The second-order valence-electron chi connectivity index (χ2n) is 5.05. The Morgan fingerprint density at radius 2 is 1.77 bits per heavy atom. The van der Waals surface area contributed by atoms with Gasteiger partial charge in [0, 0.05) is 6.42 Å². The smallest absolute Gasteiger partial charge is 0.224 e. The van der Waals surface area contributed by atoms with E-state index in [-0.39, 0.29) is 5.91 Å². The molecule has 0 atom stereocenters. The lowest BCUT2D eigenvalue weighted by Gasteiger charge is -2.10. The molecule has 0 spiro atoms. The summed E-state index contributed by atoms with van der Waals surface area (Å²) in [7, 11) is 3.24. The summed E-state index contributed by atoms with van der Waals surface area (Å²) in [5.41, 5.74) is 2.89. The minimum atomic E-state index is -0.0297. The van der Waals surface area contributed by atoms with Crippen molar-refractivity contribution in [3.63, 3.8) is 0 Å². The lowest BCUT2D eigenvalue weighted by atomic mass is 10.1. The van der Waals surface area contributed by atoms with Gasteiger partial charge in [0.25, 0.3) is 0 Å². The summed E-state index contributed by atoms with van der Waals surface area (Å²) in [4.78, 5) is 12.1. The molecule has 0 aliphatic rings. The zero-order chi connectivity index (χ0) is 15.9. The number of carbonyl (C=O) groups excluding carboxylic acids is 1. The number of benzene rings is 2. The van der Waals surface area contributed by atoms with Gasteiger partial charge in [0.2, 0.25) is 5.91 Å². The van der Waals surface area contributed by atoms with E-state index in [0.717, 1.165) is 16.9 Å². The number of hydrogen-bond acceptors (Lipinski definition) is 3. The Kier molecular flexibility index (Phi) is 5.42. The summed E-state index contributed by atoms with van der Waals surface area (Å²) in [5.74, 6) is 1.50. The molecule has 4 heteroatoms. The van der Waals surface area contributed by atoms with Crippen molar-refractivity contribution >= 4 is 11.6 Å². The Balaban J connectivity index is 1.94. The Bertz CT molecular complexity index is 653. The molecule has 0 unspecified atom stereocenters. The second-order valence-corrected chi connectivity index (χ2v) is 5.05. The predicted octanol–water partition coefficient (Wildman–Crippen LogP) is 3.58. The van der Waals surface area contributed by atoms with Gasteiger partial charge < -0.3 is 14.8 Å². The van der Waals surface area contributed by atoms with Crippen LogP contribution < -0.4 is 14.8 Å². The van der Waals surface area contributed by atoms with E-state index >= 15 is 0 Å². The fourth-order valence-electron chi connectivity index (χ4n) is 2.31. The number of carbonyl (C=O) groups is 1. The fraction of sp³-hybridized carbons (Fsp3) is 0.278. The van der Waals surface area contributed by atoms with Gasteiger partial charge in [-0.25, -0.2) is 0 Å². The molecule has 1 amide bonds. The molecule has 4 nitrogen and oxygen atoms in total. The molecule has 2 rings (SSSR count). The van der Waals surface area contributed by atoms with Crippen molar-refractivity contribution in [3.8, 4) is 11.5 Å². The number of amides is 1. The topological polar surface area (TPSA) is 47.6 Å². The summed E-state index contributed by atoms with van der Waals surface area (Å²) < 4.78 is 10.5. The molecule has 2 aromatic carbocycles. The summed E-state index contributed by atoms with van der Waals surface area (Å²) in [6.45, 7) is 2.00. The van der Waals surface area contributed by atoms with Crippen LogP contribution in [0.4, 0.5) is 5.69 Å². The Morgan fingerprint density at radius 1 is 1.05 bits per heavy atom. The van der Waals surface area contributed by atoms with Crippen LogP contribution in [0, 0.1) is 6.92 Å². The Labute approximate surface area is 131 Å². The predicted molar refractivity (Wildman–Crippen MR) is 87.7 cm³/mol. The number of methoxy groups -OCH3 is 2. The van der Waals surface area contributed by atoms with Gasteiger partial charge >= 0.3 is 0 Å². The molecule has 0 heterocycles. The summed E-state index contributed by atoms with van der Waals surface area (Å²) in [6, 6.07) is 13.4. The van der Waals surface area contributed by atoms with E-state index in [0.29, 0.717) is 24.3 Å². The minimum absolute atomic E-state index is 0.0297. The lowest BCUT2D eigenvalue weighted by Crippen LogP contribution is -2.13. The van der Waals surface area contributed by atoms with E-state index in [2.05, 4.69) is 11.4 Å². The average Bonchev–Trinajstić information content (AvgIpc) is 2.53. The van der Waals surface area contributed by atoms with Crippen molar-refractivity contribution in [1.82, 2.24) is 0 Å². The summed E-state index contributed by atoms with van der Waals surface area (Å²) in [5, 5.41) is 2.88. The first-order chi connectivity index (χ1) is 10.6. The number of hydrogen-bond donors (Lipinski definition) is 1. The first-order valence-electron chi connectivity index (χ1n) is 7.20.